The number of hydroxylamine groups is 2. The zero-order chi connectivity index (χ0) is 17.9. The van der Waals surface area contributed by atoms with Gasteiger partial charge < -0.3 is 19.6 Å². The molecule has 0 spiro atoms. The van der Waals surface area contributed by atoms with Crippen LogP contribution in [0.1, 0.15) is 46.0 Å². The first kappa shape index (κ1) is 19.9. The second-order valence-corrected chi connectivity index (χ2v) is 5.48. The summed E-state index contributed by atoms with van der Waals surface area (Å²) in [5, 5.41) is 2.99. The van der Waals surface area contributed by atoms with E-state index in [0.29, 0.717) is 24.5 Å². The van der Waals surface area contributed by atoms with Crippen LogP contribution in [0.4, 0.5) is 4.79 Å². The molecule has 9 heteroatoms. The van der Waals surface area contributed by atoms with E-state index in [0.717, 1.165) is 0 Å². The highest BCUT2D eigenvalue weighted by Crippen LogP contribution is 2.12. The molecule has 9 nitrogen and oxygen atoms in total. The third kappa shape index (κ3) is 7.91. The number of carbonyl (C=O) groups is 4. The van der Waals surface area contributed by atoms with Gasteiger partial charge in [-0.3, -0.25) is 9.59 Å². The number of ether oxygens (including phenoxy) is 2. The van der Waals surface area contributed by atoms with Crippen LogP contribution in [0.3, 0.4) is 0 Å². The van der Waals surface area contributed by atoms with Crippen LogP contribution in [0, 0.1) is 0 Å². The number of amides is 3. The second kappa shape index (κ2) is 10.6. The number of hydrogen-bond acceptors (Lipinski definition) is 7. The summed E-state index contributed by atoms with van der Waals surface area (Å²) in [6, 6.07) is 0. The third-order valence-corrected chi connectivity index (χ3v) is 3.00. The van der Waals surface area contributed by atoms with Crippen LogP contribution in [0.25, 0.3) is 0 Å². The molecule has 1 fully saturated rings. The van der Waals surface area contributed by atoms with Crippen LogP contribution >= 0.6 is 0 Å². The summed E-state index contributed by atoms with van der Waals surface area (Å²) in [7, 11) is 0. The van der Waals surface area contributed by atoms with Crippen molar-refractivity contribution >= 4 is 23.9 Å². The standard InChI is InChI=1S/C15H24N2O7/c1-11(2)22-9-4-10-23-15(21)16-8-3-5-14(20)24-17-12(18)6-7-13(17)19/h11H,3-10H2,1-2H3,(H,16,21). The summed E-state index contributed by atoms with van der Waals surface area (Å²) in [4.78, 5) is 50.1. The Hall–Kier alpha value is -2.16. The van der Waals surface area contributed by atoms with Crippen molar-refractivity contribution < 1.29 is 33.5 Å². The largest absolute Gasteiger partial charge is 0.449 e. The van der Waals surface area contributed by atoms with Gasteiger partial charge in [-0.05, 0) is 20.3 Å². The quantitative estimate of drug-likeness (QED) is 0.463. The molecule has 136 valence electrons. The van der Waals surface area contributed by atoms with Crippen LogP contribution in [0.2, 0.25) is 0 Å². The van der Waals surface area contributed by atoms with Gasteiger partial charge in [-0.25, -0.2) is 9.59 Å². The third-order valence-electron chi connectivity index (χ3n) is 3.00. The number of rotatable bonds is 10. The van der Waals surface area contributed by atoms with Gasteiger partial charge in [0, 0.05) is 32.2 Å². The molecule has 0 radical (unpaired) electrons. The van der Waals surface area contributed by atoms with E-state index in [2.05, 4.69) is 5.32 Å². The van der Waals surface area contributed by atoms with E-state index in [4.69, 9.17) is 14.3 Å². The van der Waals surface area contributed by atoms with Crippen LogP contribution in [-0.4, -0.2) is 54.8 Å². The predicted octanol–water partition coefficient (Wildman–Crippen LogP) is 0.915. The summed E-state index contributed by atoms with van der Waals surface area (Å²) < 4.78 is 10.2. The van der Waals surface area contributed by atoms with Crippen LogP contribution in [-0.2, 0) is 28.7 Å². The average Bonchev–Trinajstić information content (AvgIpc) is 2.83. The van der Waals surface area contributed by atoms with Crippen molar-refractivity contribution in [1.29, 1.82) is 0 Å². The molecule has 0 atom stereocenters. The van der Waals surface area contributed by atoms with Crippen molar-refractivity contribution in [2.75, 3.05) is 19.8 Å². The highest BCUT2D eigenvalue weighted by molar-refractivity contribution is 6.01. The molecular weight excluding hydrogens is 320 g/mol. The van der Waals surface area contributed by atoms with Gasteiger partial charge in [0.2, 0.25) is 0 Å². The molecule has 1 saturated heterocycles. The molecule has 0 saturated carbocycles. The van der Waals surface area contributed by atoms with Crippen molar-refractivity contribution in [1.82, 2.24) is 10.4 Å². The summed E-state index contributed by atoms with van der Waals surface area (Å²) in [6.07, 6.45) is 0.571. The van der Waals surface area contributed by atoms with E-state index in [9.17, 15) is 19.2 Å². The molecule has 0 aliphatic carbocycles. The van der Waals surface area contributed by atoms with Crippen LogP contribution < -0.4 is 5.32 Å². The van der Waals surface area contributed by atoms with Gasteiger partial charge in [-0.15, -0.1) is 5.06 Å². The molecule has 1 aliphatic heterocycles. The summed E-state index contributed by atoms with van der Waals surface area (Å²) in [5.74, 6) is -1.73. The van der Waals surface area contributed by atoms with Crippen molar-refractivity contribution in [2.45, 2.75) is 52.1 Å². The van der Waals surface area contributed by atoms with E-state index in [1.807, 2.05) is 13.8 Å². The van der Waals surface area contributed by atoms with Gasteiger partial charge in [0.15, 0.2) is 0 Å². The van der Waals surface area contributed by atoms with Crippen LogP contribution in [0.15, 0.2) is 0 Å². The number of nitrogens with one attached hydrogen (secondary N) is 1. The first-order chi connectivity index (χ1) is 11.4. The molecule has 1 heterocycles. The minimum absolute atomic E-state index is 0.0282. The normalized spacial score (nSPS) is 14.2. The van der Waals surface area contributed by atoms with Crippen molar-refractivity contribution in [3.05, 3.63) is 0 Å². The fourth-order valence-corrected chi connectivity index (χ4v) is 1.82. The Kier molecular flexibility index (Phi) is 8.77. The number of alkyl carbamates (subject to hydrolysis) is 1. The maximum absolute atomic E-state index is 11.5. The van der Waals surface area contributed by atoms with Gasteiger partial charge in [0.1, 0.15) is 0 Å². The van der Waals surface area contributed by atoms with E-state index in [-0.39, 0.29) is 38.5 Å². The first-order valence-electron chi connectivity index (χ1n) is 7.99. The molecule has 0 aromatic carbocycles. The SMILES string of the molecule is CC(C)OCCCOC(=O)NCCCC(=O)ON1C(=O)CCC1=O. The lowest BCUT2D eigenvalue weighted by atomic mass is 10.3. The predicted molar refractivity (Wildman–Crippen MR) is 81.5 cm³/mol. The molecule has 24 heavy (non-hydrogen) atoms. The van der Waals surface area contributed by atoms with E-state index < -0.39 is 23.9 Å². The van der Waals surface area contributed by atoms with E-state index >= 15 is 0 Å². The molecule has 1 rings (SSSR count). The smallest absolute Gasteiger partial charge is 0.407 e. The van der Waals surface area contributed by atoms with E-state index in [1.165, 1.54) is 0 Å². The Morgan fingerprint density at radius 2 is 1.79 bits per heavy atom. The van der Waals surface area contributed by atoms with E-state index in [1.54, 1.807) is 0 Å². The van der Waals surface area contributed by atoms with Gasteiger partial charge in [-0.1, -0.05) is 0 Å². The highest BCUT2D eigenvalue weighted by Gasteiger charge is 2.32. The lowest BCUT2D eigenvalue weighted by Crippen LogP contribution is -2.32. The Labute approximate surface area is 140 Å². The highest BCUT2D eigenvalue weighted by atomic mass is 16.7. The Bertz CT molecular complexity index is 449. The van der Waals surface area contributed by atoms with Crippen molar-refractivity contribution in [3.63, 3.8) is 0 Å². The summed E-state index contributed by atoms with van der Waals surface area (Å²) >= 11 is 0. The molecule has 0 aromatic rings. The molecular formula is C15H24N2O7. The molecule has 0 bridgehead atoms. The topological polar surface area (TPSA) is 111 Å². The van der Waals surface area contributed by atoms with Gasteiger partial charge in [0.05, 0.1) is 19.3 Å². The maximum atomic E-state index is 11.5. The zero-order valence-electron chi connectivity index (χ0n) is 14.0. The number of hydrogen-bond donors (Lipinski definition) is 1. The van der Waals surface area contributed by atoms with Gasteiger partial charge in [0.25, 0.3) is 11.8 Å². The minimum atomic E-state index is -0.695. The average molecular weight is 344 g/mol. The first-order valence-corrected chi connectivity index (χ1v) is 7.99. The Morgan fingerprint density at radius 3 is 2.42 bits per heavy atom. The molecule has 1 N–H and O–H groups in total. The Morgan fingerprint density at radius 1 is 1.12 bits per heavy atom. The molecule has 0 unspecified atom stereocenters. The monoisotopic (exact) mass is 344 g/mol. The van der Waals surface area contributed by atoms with Crippen molar-refractivity contribution in [3.8, 4) is 0 Å². The fraction of sp³-hybridized carbons (Fsp3) is 0.733. The number of carbonyl (C=O) groups excluding carboxylic acids is 4. The summed E-state index contributed by atoms with van der Waals surface area (Å²) in [5.41, 5.74) is 0. The second-order valence-electron chi connectivity index (χ2n) is 5.48. The lowest BCUT2D eigenvalue weighted by molar-refractivity contribution is -0.197. The number of nitrogens with zero attached hydrogens (tertiary/aromatic N) is 1. The fourth-order valence-electron chi connectivity index (χ4n) is 1.82. The zero-order valence-corrected chi connectivity index (χ0v) is 14.0. The minimum Gasteiger partial charge on any atom is -0.449 e. The van der Waals surface area contributed by atoms with Crippen LogP contribution in [0.5, 0.6) is 0 Å². The van der Waals surface area contributed by atoms with Gasteiger partial charge in [-0.2, -0.15) is 0 Å². The molecule has 3 amide bonds. The lowest BCUT2D eigenvalue weighted by Gasteiger charge is -2.12. The van der Waals surface area contributed by atoms with Crippen molar-refractivity contribution in [2.24, 2.45) is 0 Å². The molecule has 0 aromatic heterocycles. The number of imide groups is 1. The Balaban J connectivity index is 2.02. The summed E-state index contributed by atoms with van der Waals surface area (Å²) in [6.45, 7) is 4.84. The van der Waals surface area contributed by atoms with Gasteiger partial charge >= 0.3 is 12.1 Å². The molecule has 1 aliphatic rings. The maximum Gasteiger partial charge on any atom is 0.407 e.